The highest BCUT2D eigenvalue weighted by Gasteiger charge is 2.31. The molecule has 234 valence electrons. The van der Waals surface area contributed by atoms with E-state index in [-0.39, 0.29) is 23.6 Å². The molecule has 1 aliphatic heterocycles. The summed E-state index contributed by atoms with van der Waals surface area (Å²) < 4.78 is 44.2. The topological polar surface area (TPSA) is 97.6 Å². The van der Waals surface area contributed by atoms with Crippen LogP contribution in [0.1, 0.15) is 36.6 Å². The first-order chi connectivity index (χ1) is 21.8. The summed E-state index contributed by atoms with van der Waals surface area (Å²) in [7, 11) is 2.79. The number of hydrogen-bond acceptors (Lipinski definition) is 9. The molecule has 2 heterocycles. The Labute approximate surface area is 270 Å². The monoisotopic (exact) mass is 696 g/mol. The van der Waals surface area contributed by atoms with Crippen LogP contribution in [-0.2, 0) is 16.1 Å². The lowest BCUT2D eigenvalue weighted by Crippen LogP contribution is -2.39. The molecular formula is C33H30BrFN2O7S. The van der Waals surface area contributed by atoms with Gasteiger partial charge in [0.2, 0.25) is 0 Å². The first-order valence-corrected chi connectivity index (χ1v) is 15.6. The number of aromatic nitrogens is 1. The van der Waals surface area contributed by atoms with Gasteiger partial charge in [0, 0.05) is 10.7 Å². The van der Waals surface area contributed by atoms with Crippen molar-refractivity contribution >= 4 is 39.3 Å². The fourth-order valence-electron chi connectivity index (χ4n) is 4.85. The number of carbonyl (C=O) groups excluding carboxylic acids is 1. The van der Waals surface area contributed by atoms with E-state index in [4.69, 9.17) is 23.7 Å². The Morgan fingerprint density at radius 1 is 1.00 bits per heavy atom. The number of ether oxygens (including phenoxy) is 5. The molecule has 45 heavy (non-hydrogen) atoms. The predicted molar refractivity (Wildman–Crippen MR) is 171 cm³/mol. The number of rotatable bonds is 11. The Kier molecular flexibility index (Phi) is 10.0. The summed E-state index contributed by atoms with van der Waals surface area (Å²) in [5.74, 6) is 0.968. The van der Waals surface area contributed by atoms with Crippen LogP contribution in [0, 0.1) is 5.82 Å². The second-order valence-corrected chi connectivity index (χ2v) is 11.6. The molecule has 0 radical (unpaired) electrons. The van der Waals surface area contributed by atoms with Crippen LogP contribution in [0.15, 0.2) is 80.6 Å². The van der Waals surface area contributed by atoms with E-state index in [1.165, 1.54) is 48.5 Å². The third-order valence-corrected chi connectivity index (χ3v) is 8.54. The van der Waals surface area contributed by atoms with Crippen LogP contribution in [-0.4, -0.2) is 38.0 Å². The molecule has 0 bridgehead atoms. The van der Waals surface area contributed by atoms with E-state index in [1.54, 1.807) is 48.5 Å². The minimum Gasteiger partial charge on any atom is -0.493 e. The van der Waals surface area contributed by atoms with Crippen LogP contribution in [0.2, 0.25) is 0 Å². The maximum atomic E-state index is 14.0. The average Bonchev–Trinajstić information content (AvgIpc) is 3.35. The van der Waals surface area contributed by atoms with Crippen molar-refractivity contribution in [1.29, 1.82) is 0 Å². The van der Waals surface area contributed by atoms with Gasteiger partial charge in [0.25, 0.3) is 5.56 Å². The maximum Gasteiger partial charge on any atom is 0.337 e. The molecule has 0 unspecified atom stereocenters. The molecule has 1 aromatic heterocycles. The number of thiazole rings is 1. The third kappa shape index (κ3) is 6.81. The van der Waals surface area contributed by atoms with E-state index >= 15 is 0 Å². The van der Waals surface area contributed by atoms with Gasteiger partial charge in [-0.05, 0) is 73.0 Å². The van der Waals surface area contributed by atoms with E-state index in [9.17, 15) is 14.0 Å². The predicted octanol–water partition coefficient (Wildman–Crippen LogP) is 5.30. The lowest BCUT2D eigenvalue weighted by atomic mass is 9.97. The molecule has 5 rings (SSSR count). The van der Waals surface area contributed by atoms with E-state index < -0.39 is 12.0 Å². The zero-order chi connectivity index (χ0) is 32.1. The summed E-state index contributed by atoms with van der Waals surface area (Å²) in [5, 5.41) is 0. The molecule has 12 heteroatoms. The van der Waals surface area contributed by atoms with Gasteiger partial charge >= 0.3 is 5.97 Å². The number of halogens is 2. The Morgan fingerprint density at radius 3 is 2.47 bits per heavy atom. The Balaban J connectivity index is 1.57. The zero-order valence-electron chi connectivity index (χ0n) is 25.0. The molecule has 1 aliphatic rings. The molecule has 3 aromatic carbocycles. The second-order valence-electron chi connectivity index (χ2n) is 9.69. The highest BCUT2D eigenvalue weighted by molar-refractivity contribution is 9.10. The maximum absolute atomic E-state index is 14.0. The van der Waals surface area contributed by atoms with Gasteiger partial charge in [0.1, 0.15) is 12.4 Å². The highest BCUT2D eigenvalue weighted by Crippen LogP contribution is 2.36. The molecular weight excluding hydrogens is 667 g/mol. The van der Waals surface area contributed by atoms with E-state index in [0.717, 1.165) is 0 Å². The number of fused-ring (bicyclic) bond motifs is 1. The first kappa shape index (κ1) is 32.0. The summed E-state index contributed by atoms with van der Waals surface area (Å²) in [6.45, 7) is 4.72. The van der Waals surface area contributed by atoms with Crippen molar-refractivity contribution in [2.24, 2.45) is 4.99 Å². The van der Waals surface area contributed by atoms with Crippen molar-refractivity contribution in [3.05, 3.63) is 113 Å². The van der Waals surface area contributed by atoms with Crippen molar-refractivity contribution < 1.29 is 32.9 Å². The number of benzene rings is 3. The van der Waals surface area contributed by atoms with Gasteiger partial charge in [-0.1, -0.05) is 45.5 Å². The molecule has 4 aromatic rings. The quantitative estimate of drug-likeness (QED) is 0.196. The summed E-state index contributed by atoms with van der Waals surface area (Å²) in [5.41, 5.74) is 1.80. The van der Waals surface area contributed by atoms with E-state index in [2.05, 4.69) is 20.9 Å². The number of carbonyl (C=O) groups is 1. The van der Waals surface area contributed by atoms with Crippen LogP contribution >= 0.6 is 27.3 Å². The van der Waals surface area contributed by atoms with Gasteiger partial charge in [-0.2, -0.15) is 0 Å². The summed E-state index contributed by atoms with van der Waals surface area (Å²) >= 11 is 4.76. The molecule has 0 fully saturated rings. The minimum atomic E-state index is -0.817. The van der Waals surface area contributed by atoms with Gasteiger partial charge in [-0.15, -0.1) is 0 Å². The van der Waals surface area contributed by atoms with E-state index in [0.29, 0.717) is 66.7 Å². The van der Waals surface area contributed by atoms with Gasteiger partial charge in [-0.25, -0.2) is 14.2 Å². The molecule has 0 saturated carbocycles. The number of methoxy groups -OCH3 is 2. The normalized spacial score (nSPS) is 14.2. The molecule has 1 atom stereocenters. The van der Waals surface area contributed by atoms with E-state index in [1.807, 2.05) is 13.8 Å². The first-order valence-electron chi connectivity index (χ1n) is 14.0. The van der Waals surface area contributed by atoms with Crippen molar-refractivity contribution in [2.45, 2.75) is 26.5 Å². The fraction of sp³-hybridized carbons (Fsp3) is 0.242. The van der Waals surface area contributed by atoms with Crippen LogP contribution in [0.4, 0.5) is 4.39 Å². The minimum absolute atomic E-state index is 0.137. The van der Waals surface area contributed by atoms with Gasteiger partial charge in [-0.3, -0.25) is 9.36 Å². The van der Waals surface area contributed by atoms with Crippen LogP contribution in [0.5, 0.6) is 23.0 Å². The Hall–Kier alpha value is -4.42. The average molecular weight is 698 g/mol. The largest absolute Gasteiger partial charge is 0.493 e. The van der Waals surface area contributed by atoms with Crippen LogP contribution in [0.3, 0.4) is 0 Å². The van der Waals surface area contributed by atoms with Crippen molar-refractivity contribution in [2.75, 3.05) is 27.4 Å². The standard InChI is InChI=1S/C33H30BrFN2O7S/c1-5-42-25-11-10-20(13-27(25)43-6-2)30-23(32(39)41-4)17-36-33-37(30)31(38)29(45-33)15-21-14-26(40-3)28(16-24(21)34)44-18-19-8-7-9-22(35)12-19/h7-17,30H,5-6,18H2,1-4H3/b29-15-/t30-/m0/s1. The highest BCUT2D eigenvalue weighted by atomic mass is 79.9. The van der Waals surface area contributed by atoms with Crippen molar-refractivity contribution in [3.8, 4) is 23.0 Å². The zero-order valence-corrected chi connectivity index (χ0v) is 27.4. The SMILES string of the molecule is CCOc1ccc([C@H]2C(C(=O)OC)=CN=c3s/c(=C\c4cc(OC)c(OCc5cccc(F)c5)cc4Br)c(=O)n32)cc1OCC. The number of hydrogen-bond donors (Lipinski definition) is 0. The summed E-state index contributed by atoms with van der Waals surface area (Å²) in [6, 6.07) is 14.1. The van der Waals surface area contributed by atoms with Crippen molar-refractivity contribution in [1.82, 2.24) is 4.57 Å². The Morgan fingerprint density at radius 2 is 1.76 bits per heavy atom. The molecule has 9 nitrogen and oxygen atoms in total. The smallest absolute Gasteiger partial charge is 0.337 e. The number of nitrogens with zero attached hydrogens (tertiary/aromatic N) is 2. The van der Waals surface area contributed by atoms with Crippen LogP contribution < -0.4 is 33.8 Å². The summed E-state index contributed by atoms with van der Waals surface area (Å²) in [6.07, 6.45) is 3.15. The summed E-state index contributed by atoms with van der Waals surface area (Å²) in [4.78, 5) is 31.7. The molecule has 0 spiro atoms. The van der Waals surface area contributed by atoms with Gasteiger partial charge in [0.05, 0.1) is 43.6 Å². The van der Waals surface area contributed by atoms with Gasteiger partial charge in [0.15, 0.2) is 27.8 Å². The molecule has 0 N–H and O–H groups in total. The molecule has 0 aliphatic carbocycles. The van der Waals surface area contributed by atoms with Crippen LogP contribution in [0.25, 0.3) is 6.08 Å². The fourth-order valence-corrected chi connectivity index (χ4v) is 6.25. The lowest BCUT2D eigenvalue weighted by Gasteiger charge is -2.23. The lowest BCUT2D eigenvalue weighted by molar-refractivity contribution is -0.136. The van der Waals surface area contributed by atoms with Crippen molar-refractivity contribution in [3.63, 3.8) is 0 Å². The third-order valence-electron chi connectivity index (χ3n) is 6.86. The second kappa shape index (κ2) is 14.1. The molecule has 0 saturated heterocycles. The van der Waals surface area contributed by atoms with Gasteiger partial charge < -0.3 is 23.7 Å². The number of esters is 1. The molecule has 0 amide bonds. The Bertz CT molecular complexity index is 1950.